The van der Waals surface area contributed by atoms with Crippen molar-refractivity contribution in [2.75, 3.05) is 17.1 Å². The molecule has 0 bridgehead atoms. The number of nitrogens with zero attached hydrogens (tertiary/aromatic N) is 1. The Morgan fingerprint density at radius 2 is 1.52 bits per heavy atom. The lowest BCUT2D eigenvalue weighted by Gasteiger charge is -2.22. The van der Waals surface area contributed by atoms with Crippen molar-refractivity contribution in [1.82, 2.24) is 5.32 Å². The van der Waals surface area contributed by atoms with Crippen molar-refractivity contribution in [3.05, 3.63) is 100 Å². The lowest BCUT2D eigenvalue weighted by Crippen LogP contribution is -2.29. The molecule has 0 saturated carbocycles. The van der Waals surface area contributed by atoms with Crippen LogP contribution in [0.25, 0.3) is 0 Å². The highest BCUT2D eigenvalue weighted by Gasteiger charge is 2.18. The van der Waals surface area contributed by atoms with Crippen LogP contribution in [0, 0.1) is 5.82 Å². The summed E-state index contributed by atoms with van der Waals surface area (Å²) in [6, 6.07) is 19.4. The van der Waals surface area contributed by atoms with E-state index in [9.17, 15) is 17.6 Å². The first-order chi connectivity index (χ1) is 14.7. The molecule has 0 aliphatic carbocycles. The Balaban J connectivity index is 1.65. The van der Waals surface area contributed by atoms with Crippen molar-refractivity contribution in [3.8, 4) is 0 Å². The molecule has 3 rings (SSSR count). The molecule has 0 atom stereocenters. The zero-order chi connectivity index (χ0) is 22.4. The van der Waals surface area contributed by atoms with Crippen molar-refractivity contribution in [3.63, 3.8) is 0 Å². The Morgan fingerprint density at radius 3 is 2.10 bits per heavy atom. The quantitative estimate of drug-likeness (QED) is 0.541. The number of carbonyl (C=O) groups is 1. The van der Waals surface area contributed by atoms with E-state index in [1.165, 1.54) is 28.6 Å². The number of nitrogens with one attached hydrogen (secondary N) is 1. The molecule has 3 aromatic carbocycles. The largest absolute Gasteiger partial charge is 0.352 e. The van der Waals surface area contributed by atoms with Gasteiger partial charge in [0.15, 0.2) is 0 Å². The number of carbonyl (C=O) groups excluding carboxylic acids is 1. The molecule has 1 amide bonds. The maximum Gasteiger partial charge on any atom is 0.251 e. The van der Waals surface area contributed by atoms with E-state index < -0.39 is 10.0 Å². The van der Waals surface area contributed by atoms with Crippen LogP contribution in [-0.2, 0) is 23.0 Å². The molecule has 0 heterocycles. The summed E-state index contributed by atoms with van der Waals surface area (Å²) in [5.74, 6) is -0.633. The van der Waals surface area contributed by atoms with E-state index in [0.29, 0.717) is 34.8 Å². The predicted molar refractivity (Wildman–Crippen MR) is 121 cm³/mol. The summed E-state index contributed by atoms with van der Waals surface area (Å²) in [6.07, 6.45) is 1.77. The SMILES string of the molecule is CS(=O)(=O)N(Cc1ccc(F)cc1)c1ccc(C(=O)NCCc2ccc(Cl)cc2)cc1. The second kappa shape index (κ2) is 9.94. The molecule has 0 spiro atoms. The smallest absolute Gasteiger partial charge is 0.251 e. The average molecular weight is 461 g/mol. The van der Waals surface area contributed by atoms with Gasteiger partial charge in [-0.3, -0.25) is 9.10 Å². The average Bonchev–Trinajstić information content (AvgIpc) is 2.74. The van der Waals surface area contributed by atoms with Crippen LogP contribution < -0.4 is 9.62 Å². The second-order valence-corrected chi connectivity index (χ2v) is 9.42. The maximum atomic E-state index is 13.1. The van der Waals surface area contributed by atoms with E-state index >= 15 is 0 Å². The zero-order valence-corrected chi connectivity index (χ0v) is 18.5. The standard InChI is InChI=1S/C23H22ClFN2O3S/c1-31(29,30)27(16-18-4-10-21(25)11-5-18)22-12-6-19(7-13-22)23(28)26-15-14-17-2-8-20(24)9-3-17/h2-13H,14-16H2,1H3,(H,26,28). The first kappa shape index (κ1) is 22.8. The minimum atomic E-state index is -3.58. The van der Waals surface area contributed by atoms with Gasteiger partial charge in [0.2, 0.25) is 10.0 Å². The number of hydrogen-bond acceptors (Lipinski definition) is 3. The van der Waals surface area contributed by atoms with Gasteiger partial charge in [-0.25, -0.2) is 12.8 Å². The van der Waals surface area contributed by atoms with Crippen molar-refractivity contribution in [1.29, 1.82) is 0 Å². The van der Waals surface area contributed by atoms with E-state index in [1.54, 1.807) is 36.4 Å². The molecule has 5 nitrogen and oxygen atoms in total. The minimum absolute atomic E-state index is 0.0613. The van der Waals surface area contributed by atoms with Gasteiger partial charge < -0.3 is 5.32 Å². The van der Waals surface area contributed by atoms with E-state index in [2.05, 4.69) is 5.32 Å². The van der Waals surface area contributed by atoms with Gasteiger partial charge in [0.25, 0.3) is 5.91 Å². The number of benzene rings is 3. The fourth-order valence-electron chi connectivity index (χ4n) is 3.01. The molecule has 0 radical (unpaired) electrons. The first-order valence-electron chi connectivity index (χ1n) is 9.57. The monoisotopic (exact) mass is 460 g/mol. The van der Waals surface area contributed by atoms with Gasteiger partial charge >= 0.3 is 0 Å². The number of rotatable bonds is 8. The lowest BCUT2D eigenvalue weighted by atomic mass is 10.1. The topological polar surface area (TPSA) is 66.5 Å². The molecule has 3 aromatic rings. The summed E-state index contributed by atoms with van der Waals surface area (Å²) in [6.45, 7) is 0.522. The normalized spacial score (nSPS) is 11.2. The number of amides is 1. The van der Waals surface area contributed by atoms with Crippen LogP contribution in [0.2, 0.25) is 5.02 Å². The Labute approximate surface area is 186 Å². The van der Waals surface area contributed by atoms with Crippen LogP contribution in [0.5, 0.6) is 0 Å². The zero-order valence-electron chi connectivity index (χ0n) is 16.9. The van der Waals surface area contributed by atoms with Crippen molar-refractivity contribution >= 4 is 33.2 Å². The van der Waals surface area contributed by atoms with E-state index in [4.69, 9.17) is 11.6 Å². The molecular formula is C23H22ClFN2O3S. The molecule has 162 valence electrons. The second-order valence-electron chi connectivity index (χ2n) is 7.08. The summed E-state index contributed by atoms with van der Waals surface area (Å²) in [5.41, 5.74) is 2.56. The summed E-state index contributed by atoms with van der Waals surface area (Å²) >= 11 is 5.86. The molecule has 1 N–H and O–H groups in total. The first-order valence-corrected chi connectivity index (χ1v) is 11.8. The molecule has 31 heavy (non-hydrogen) atoms. The molecule has 0 saturated heterocycles. The summed E-state index contributed by atoms with van der Waals surface area (Å²) < 4.78 is 38.9. The van der Waals surface area contributed by atoms with Crippen molar-refractivity contribution < 1.29 is 17.6 Å². The van der Waals surface area contributed by atoms with Crippen LogP contribution in [0.3, 0.4) is 0 Å². The minimum Gasteiger partial charge on any atom is -0.352 e. The Morgan fingerprint density at radius 1 is 0.935 bits per heavy atom. The van der Waals surface area contributed by atoms with Gasteiger partial charge in [-0.05, 0) is 66.1 Å². The number of sulfonamides is 1. The number of halogens is 2. The van der Waals surface area contributed by atoms with Crippen LogP contribution in [0.15, 0.2) is 72.8 Å². The molecular weight excluding hydrogens is 439 g/mol. The fraction of sp³-hybridized carbons (Fsp3) is 0.174. The van der Waals surface area contributed by atoms with Crippen molar-refractivity contribution in [2.24, 2.45) is 0 Å². The summed E-state index contributed by atoms with van der Waals surface area (Å²) in [5, 5.41) is 3.51. The lowest BCUT2D eigenvalue weighted by molar-refractivity contribution is 0.0954. The summed E-state index contributed by atoms with van der Waals surface area (Å²) in [4.78, 5) is 12.4. The van der Waals surface area contributed by atoms with Gasteiger partial charge in [-0.1, -0.05) is 35.9 Å². The fourth-order valence-corrected chi connectivity index (χ4v) is 4.02. The third-order valence-corrected chi connectivity index (χ3v) is 6.06. The van der Waals surface area contributed by atoms with Crippen LogP contribution in [-0.4, -0.2) is 27.1 Å². The highest BCUT2D eigenvalue weighted by molar-refractivity contribution is 7.92. The van der Waals surface area contributed by atoms with Crippen LogP contribution >= 0.6 is 11.6 Å². The molecule has 0 aromatic heterocycles. The highest BCUT2D eigenvalue weighted by atomic mass is 35.5. The third-order valence-electron chi connectivity index (χ3n) is 4.67. The number of anilines is 1. The van der Waals surface area contributed by atoms with Crippen LogP contribution in [0.4, 0.5) is 10.1 Å². The molecule has 0 aliphatic rings. The van der Waals surface area contributed by atoms with Gasteiger partial charge in [0.05, 0.1) is 18.5 Å². The maximum absolute atomic E-state index is 13.1. The Kier molecular flexibility index (Phi) is 7.30. The van der Waals surface area contributed by atoms with Gasteiger partial charge in [-0.15, -0.1) is 0 Å². The third kappa shape index (κ3) is 6.54. The summed E-state index contributed by atoms with van der Waals surface area (Å²) in [7, 11) is -3.58. The molecule has 0 aliphatic heterocycles. The Bertz CT molecular complexity index is 1130. The van der Waals surface area contributed by atoms with E-state index in [-0.39, 0.29) is 18.3 Å². The molecule has 8 heteroatoms. The molecule has 0 fully saturated rings. The van der Waals surface area contributed by atoms with Gasteiger partial charge in [0, 0.05) is 17.1 Å². The van der Waals surface area contributed by atoms with Crippen LogP contribution in [0.1, 0.15) is 21.5 Å². The molecule has 0 unspecified atom stereocenters. The van der Waals surface area contributed by atoms with E-state index in [1.807, 2.05) is 12.1 Å². The van der Waals surface area contributed by atoms with Gasteiger partial charge in [-0.2, -0.15) is 0 Å². The van der Waals surface area contributed by atoms with E-state index in [0.717, 1.165) is 11.8 Å². The highest BCUT2D eigenvalue weighted by Crippen LogP contribution is 2.21. The number of hydrogen-bond donors (Lipinski definition) is 1. The van der Waals surface area contributed by atoms with Crippen molar-refractivity contribution in [2.45, 2.75) is 13.0 Å². The predicted octanol–water partition coefficient (Wildman–Crippen LogP) is 4.42. The Hall–Kier alpha value is -2.90. The van der Waals surface area contributed by atoms with Gasteiger partial charge in [0.1, 0.15) is 5.82 Å².